The van der Waals surface area contributed by atoms with Crippen LogP contribution in [-0.4, -0.2) is 18.2 Å². The average molecular weight is 482 g/mol. The first kappa shape index (κ1) is 22.8. The molecule has 0 bridgehead atoms. The Bertz CT molecular complexity index is 1300. The van der Waals surface area contributed by atoms with Crippen molar-refractivity contribution in [1.29, 1.82) is 0 Å². The number of hydrogen-bond donors (Lipinski definition) is 2. The van der Waals surface area contributed by atoms with E-state index in [1.54, 1.807) is 37.4 Å². The maximum Gasteiger partial charge on any atom is 0.335 e. The highest BCUT2D eigenvalue weighted by atomic mass is 35.5. The van der Waals surface area contributed by atoms with Crippen molar-refractivity contribution in [3.63, 3.8) is 0 Å². The number of hydrogen-bond acceptors (Lipinski definition) is 4. The summed E-state index contributed by atoms with van der Waals surface area (Å²) in [6.45, 7) is 0.591. The molecule has 7 heteroatoms. The van der Waals surface area contributed by atoms with Gasteiger partial charge in [-0.15, -0.1) is 0 Å². The van der Waals surface area contributed by atoms with Crippen molar-refractivity contribution in [1.82, 2.24) is 0 Å². The van der Waals surface area contributed by atoms with Gasteiger partial charge in [0, 0.05) is 27.7 Å². The van der Waals surface area contributed by atoms with E-state index in [4.69, 9.17) is 32.7 Å². The number of nitrogens with one attached hydrogen (secondary N) is 1. The minimum atomic E-state index is -1.01. The van der Waals surface area contributed by atoms with Gasteiger partial charge < -0.3 is 19.9 Å². The van der Waals surface area contributed by atoms with Crippen molar-refractivity contribution >= 4 is 45.6 Å². The van der Waals surface area contributed by atoms with Gasteiger partial charge in [0.2, 0.25) is 0 Å². The molecule has 2 N–H and O–H groups in total. The van der Waals surface area contributed by atoms with E-state index in [1.807, 2.05) is 36.4 Å². The lowest BCUT2D eigenvalue weighted by atomic mass is 10.0. The number of halogens is 2. The van der Waals surface area contributed by atoms with E-state index >= 15 is 0 Å². The smallest absolute Gasteiger partial charge is 0.335 e. The third-order valence-corrected chi connectivity index (χ3v) is 6.04. The third-order valence-electron chi connectivity index (χ3n) is 5.33. The van der Waals surface area contributed by atoms with E-state index in [0.29, 0.717) is 39.3 Å². The molecule has 4 aromatic rings. The first-order valence-corrected chi connectivity index (χ1v) is 10.9. The van der Waals surface area contributed by atoms with Gasteiger partial charge in [0.05, 0.1) is 18.4 Å². The monoisotopic (exact) mass is 481 g/mol. The highest BCUT2D eigenvalue weighted by Crippen LogP contribution is 2.33. The zero-order valence-corrected chi connectivity index (χ0v) is 19.3. The Morgan fingerprint density at radius 2 is 1.64 bits per heavy atom. The summed E-state index contributed by atoms with van der Waals surface area (Å²) < 4.78 is 11.6. The molecule has 33 heavy (non-hydrogen) atoms. The van der Waals surface area contributed by atoms with Crippen molar-refractivity contribution in [2.75, 3.05) is 12.4 Å². The van der Waals surface area contributed by atoms with Crippen LogP contribution in [0, 0.1) is 0 Å². The SMILES string of the molecule is COc1ccc(C(=O)O)cc1NCc1c(OCc2c(Cl)cccc2Cl)ccc2ccccc12. The molecule has 5 nitrogen and oxygen atoms in total. The van der Waals surface area contributed by atoms with E-state index in [0.717, 1.165) is 16.3 Å². The lowest BCUT2D eigenvalue weighted by Crippen LogP contribution is -2.07. The molecular formula is C26H21Cl2NO4. The summed E-state index contributed by atoms with van der Waals surface area (Å²) in [7, 11) is 1.54. The molecule has 0 radical (unpaired) electrons. The summed E-state index contributed by atoms with van der Waals surface area (Å²) in [5.74, 6) is 0.211. The first-order chi connectivity index (χ1) is 16.0. The minimum Gasteiger partial charge on any atom is -0.495 e. The summed E-state index contributed by atoms with van der Waals surface area (Å²) in [5, 5.41) is 15.8. The van der Waals surface area contributed by atoms with Crippen LogP contribution in [0.25, 0.3) is 10.8 Å². The summed E-state index contributed by atoms with van der Waals surface area (Å²) in [6.07, 6.45) is 0. The van der Waals surface area contributed by atoms with Crippen LogP contribution in [-0.2, 0) is 13.2 Å². The number of benzene rings is 4. The van der Waals surface area contributed by atoms with Crippen molar-refractivity contribution < 1.29 is 19.4 Å². The second kappa shape index (κ2) is 10.0. The summed E-state index contributed by atoms with van der Waals surface area (Å²) in [4.78, 5) is 11.4. The second-order valence-corrected chi connectivity index (χ2v) is 8.14. The fourth-order valence-corrected chi connectivity index (χ4v) is 4.12. The predicted octanol–water partition coefficient (Wildman–Crippen LogP) is 7.04. The van der Waals surface area contributed by atoms with E-state index in [9.17, 15) is 9.90 Å². The van der Waals surface area contributed by atoms with Gasteiger partial charge in [0.1, 0.15) is 18.1 Å². The predicted molar refractivity (Wildman–Crippen MR) is 132 cm³/mol. The largest absolute Gasteiger partial charge is 0.495 e. The lowest BCUT2D eigenvalue weighted by Gasteiger charge is -2.18. The Morgan fingerprint density at radius 1 is 0.909 bits per heavy atom. The van der Waals surface area contributed by atoms with E-state index in [1.165, 1.54) is 6.07 Å². The lowest BCUT2D eigenvalue weighted by molar-refractivity contribution is 0.0697. The van der Waals surface area contributed by atoms with Crippen LogP contribution in [0.15, 0.2) is 72.8 Å². The molecule has 0 aromatic heterocycles. The van der Waals surface area contributed by atoms with Crippen LogP contribution in [0.2, 0.25) is 10.0 Å². The van der Waals surface area contributed by atoms with Crippen LogP contribution in [0.3, 0.4) is 0 Å². The number of ether oxygens (including phenoxy) is 2. The standard InChI is InChI=1S/C26H21Cl2NO4/c1-32-25-12-10-17(26(30)31)13-23(25)29-14-19-18-6-3-2-5-16(18)9-11-24(19)33-15-20-21(27)7-4-8-22(20)28/h2-13,29H,14-15H2,1H3,(H,30,31). The quantitative estimate of drug-likeness (QED) is 0.282. The molecule has 0 unspecified atom stereocenters. The van der Waals surface area contributed by atoms with Gasteiger partial charge in [-0.1, -0.05) is 59.6 Å². The minimum absolute atomic E-state index is 0.168. The van der Waals surface area contributed by atoms with E-state index in [2.05, 4.69) is 5.32 Å². The van der Waals surface area contributed by atoms with Crippen LogP contribution in [0.4, 0.5) is 5.69 Å². The van der Waals surface area contributed by atoms with Crippen molar-refractivity contribution in [3.8, 4) is 11.5 Å². The van der Waals surface area contributed by atoms with Crippen LogP contribution < -0.4 is 14.8 Å². The highest BCUT2D eigenvalue weighted by molar-refractivity contribution is 6.35. The molecule has 0 saturated heterocycles. The Morgan fingerprint density at radius 3 is 2.36 bits per heavy atom. The average Bonchev–Trinajstić information content (AvgIpc) is 2.82. The number of carbonyl (C=O) groups is 1. The van der Waals surface area contributed by atoms with Gasteiger partial charge in [-0.3, -0.25) is 0 Å². The molecule has 0 atom stereocenters. The van der Waals surface area contributed by atoms with Gasteiger partial charge in [0.25, 0.3) is 0 Å². The normalized spacial score (nSPS) is 10.8. The zero-order valence-electron chi connectivity index (χ0n) is 17.8. The molecule has 0 fully saturated rings. The highest BCUT2D eigenvalue weighted by Gasteiger charge is 2.14. The molecule has 0 aliphatic rings. The van der Waals surface area contributed by atoms with Gasteiger partial charge in [-0.2, -0.15) is 0 Å². The maximum absolute atomic E-state index is 11.4. The number of carboxylic acids is 1. The Kier molecular flexibility index (Phi) is 6.92. The topological polar surface area (TPSA) is 67.8 Å². The molecular weight excluding hydrogens is 461 g/mol. The second-order valence-electron chi connectivity index (χ2n) is 7.33. The molecule has 0 aliphatic carbocycles. The zero-order chi connectivity index (χ0) is 23.4. The summed E-state index contributed by atoms with van der Waals surface area (Å²) >= 11 is 12.6. The Hall–Kier alpha value is -3.41. The molecule has 4 aromatic carbocycles. The maximum atomic E-state index is 11.4. The van der Waals surface area contributed by atoms with E-state index < -0.39 is 5.97 Å². The van der Waals surface area contributed by atoms with Crippen LogP contribution in [0.5, 0.6) is 11.5 Å². The summed E-state index contributed by atoms with van der Waals surface area (Å²) in [6, 6.07) is 21.9. The Labute approximate surface area is 201 Å². The van der Waals surface area contributed by atoms with Gasteiger partial charge in [-0.05, 0) is 47.2 Å². The molecule has 0 aliphatic heterocycles. The number of methoxy groups -OCH3 is 1. The third kappa shape index (κ3) is 5.00. The molecule has 0 heterocycles. The van der Waals surface area contributed by atoms with Gasteiger partial charge in [0.15, 0.2) is 0 Å². The number of rotatable bonds is 8. The number of anilines is 1. The van der Waals surface area contributed by atoms with Crippen LogP contribution in [0.1, 0.15) is 21.5 Å². The number of fused-ring (bicyclic) bond motifs is 1. The molecule has 0 spiro atoms. The number of carboxylic acid groups (broad SMARTS) is 1. The molecule has 4 rings (SSSR count). The fourth-order valence-electron chi connectivity index (χ4n) is 3.62. The molecule has 0 saturated carbocycles. The van der Waals surface area contributed by atoms with Crippen molar-refractivity contribution in [3.05, 3.63) is 99.5 Å². The molecule has 0 amide bonds. The van der Waals surface area contributed by atoms with Gasteiger partial charge >= 0.3 is 5.97 Å². The first-order valence-electron chi connectivity index (χ1n) is 10.2. The summed E-state index contributed by atoms with van der Waals surface area (Å²) in [5.41, 5.74) is 2.37. The van der Waals surface area contributed by atoms with E-state index in [-0.39, 0.29) is 12.2 Å². The van der Waals surface area contributed by atoms with Crippen molar-refractivity contribution in [2.24, 2.45) is 0 Å². The van der Waals surface area contributed by atoms with Gasteiger partial charge in [-0.25, -0.2) is 4.79 Å². The molecule has 168 valence electrons. The fraction of sp³-hybridized carbons (Fsp3) is 0.115. The Balaban J connectivity index is 1.68. The number of aromatic carboxylic acids is 1. The van der Waals surface area contributed by atoms with Crippen LogP contribution >= 0.6 is 23.2 Å². The van der Waals surface area contributed by atoms with Crippen molar-refractivity contribution in [2.45, 2.75) is 13.2 Å².